The zero-order valence-electron chi connectivity index (χ0n) is 22.2. The number of rotatable bonds is 10. The largest absolute Gasteiger partial charge is 0.445 e. The lowest BCUT2D eigenvalue weighted by Gasteiger charge is -2.41. The molecule has 9 heteroatoms. The van der Waals surface area contributed by atoms with Gasteiger partial charge in [-0.15, -0.1) is 11.3 Å². The van der Waals surface area contributed by atoms with Crippen molar-refractivity contribution in [1.29, 1.82) is 0 Å². The van der Waals surface area contributed by atoms with Gasteiger partial charge in [0.1, 0.15) is 6.61 Å². The molecule has 4 atom stereocenters. The lowest BCUT2D eigenvalue weighted by atomic mass is 9.91. The van der Waals surface area contributed by atoms with Gasteiger partial charge < -0.3 is 24.6 Å². The number of benzene rings is 3. The van der Waals surface area contributed by atoms with Crippen LogP contribution in [0.1, 0.15) is 41.6 Å². The lowest BCUT2D eigenvalue weighted by Crippen LogP contribution is -2.38. The average molecular weight is 577 g/mol. The highest BCUT2D eigenvalue weighted by Gasteiger charge is 2.38. The fourth-order valence-electron chi connectivity index (χ4n) is 4.53. The summed E-state index contributed by atoms with van der Waals surface area (Å²) in [6, 6.07) is 23.9. The number of amides is 1. The smallest absolute Gasteiger partial charge is 0.407 e. The molecule has 1 fully saturated rings. The Morgan fingerprint density at radius 1 is 1.07 bits per heavy atom. The van der Waals surface area contributed by atoms with Crippen LogP contribution in [0.15, 0.2) is 89.8 Å². The van der Waals surface area contributed by atoms with E-state index in [0.717, 1.165) is 37.9 Å². The highest BCUT2D eigenvalue weighted by molar-refractivity contribution is 8.01. The van der Waals surface area contributed by atoms with Crippen molar-refractivity contribution in [3.05, 3.63) is 108 Å². The molecule has 1 amide bonds. The minimum absolute atomic E-state index is 0.00170. The first kappa shape index (κ1) is 28.3. The fraction of sp³-hybridized carbons (Fsp3) is 0.290. The summed E-state index contributed by atoms with van der Waals surface area (Å²) in [7, 11) is 0. The van der Waals surface area contributed by atoms with Crippen LogP contribution in [-0.2, 0) is 27.4 Å². The molecule has 4 unspecified atom stereocenters. The molecular formula is C31H32N2O5S2. The van der Waals surface area contributed by atoms with E-state index in [1.807, 2.05) is 66.7 Å². The number of para-hydroxylation sites is 1. The van der Waals surface area contributed by atoms with Crippen LogP contribution in [0.25, 0.3) is 10.2 Å². The van der Waals surface area contributed by atoms with Crippen molar-refractivity contribution in [2.24, 2.45) is 5.92 Å². The number of aliphatic hydroxyl groups is 1. The summed E-state index contributed by atoms with van der Waals surface area (Å²) in [5, 5.41) is 12.2. The number of carbonyl (C=O) groups is 1. The molecule has 5 rings (SSSR count). The molecule has 40 heavy (non-hydrogen) atoms. The summed E-state index contributed by atoms with van der Waals surface area (Å²) < 4.78 is 20.3. The third-order valence-electron chi connectivity index (χ3n) is 6.79. The van der Waals surface area contributed by atoms with E-state index in [1.165, 1.54) is 10.8 Å². The van der Waals surface area contributed by atoms with Gasteiger partial charge >= 0.3 is 6.09 Å². The van der Waals surface area contributed by atoms with Crippen LogP contribution in [0.5, 0.6) is 0 Å². The quantitative estimate of drug-likeness (QED) is 0.159. The first-order chi connectivity index (χ1) is 19.5. The number of hydrogen-bond acceptors (Lipinski definition) is 8. The molecule has 208 valence electrons. The van der Waals surface area contributed by atoms with Crippen molar-refractivity contribution in [2.45, 2.75) is 42.9 Å². The number of thioether (sulfide) groups is 1. The lowest BCUT2D eigenvalue weighted by molar-refractivity contribution is -0.268. The van der Waals surface area contributed by atoms with Crippen LogP contribution in [0.2, 0.25) is 0 Å². The van der Waals surface area contributed by atoms with Gasteiger partial charge in [-0.05, 0) is 28.8 Å². The molecule has 1 aromatic heterocycles. The van der Waals surface area contributed by atoms with E-state index in [4.69, 9.17) is 19.2 Å². The Balaban J connectivity index is 1.31. The van der Waals surface area contributed by atoms with Crippen LogP contribution in [0.4, 0.5) is 4.79 Å². The number of carbonyl (C=O) groups excluding carboxylic acids is 1. The standard InChI is InChI=1S/C31H32N2O5S2/c1-3-16-36-30(35)32-17-21-8-14-24(15-9-21)29-37-26(19-39-31-33-25-6-4-5-7-27(25)40-31)20(2)28(38-29)23-12-10-22(18-34)11-13-23/h3-15,20,26,28-29,34H,1,16-19H2,2H3,(H,32,35). The van der Waals surface area contributed by atoms with Crippen LogP contribution in [0.3, 0.4) is 0 Å². The molecule has 0 saturated carbocycles. The Labute approximate surface area is 242 Å². The fourth-order valence-corrected chi connectivity index (χ4v) is 6.79. The molecule has 2 N–H and O–H groups in total. The molecule has 2 heterocycles. The van der Waals surface area contributed by atoms with Gasteiger partial charge in [-0.1, -0.05) is 92.0 Å². The van der Waals surface area contributed by atoms with Gasteiger partial charge in [-0.25, -0.2) is 9.78 Å². The van der Waals surface area contributed by atoms with Crippen LogP contribution < -0.4 is 5.32 Å². The second kappa shape index (κ2) is 13.4. The van der Waals surface area contributed by atoms with Crippen LogP contribution >= 0.6 is 23.1 Å². The summed E-state index contributed by atoms with van der Waals surface area (Å²) >= 11 is 3.41. The Hall–Kier alpha value is -3.21. The predicted molar refractivity (Wildman–Crippen MR) is 158 cm³/mol. The number of hydrogen-bond donors (Lipinski definition) is 2. The summed E-state index contributed by atoms with van der Waals surface area (Å²) in [4.78, 5) is 16.5. The van der Waals surface area contributed by atoms with Crippen molar-refractivity contribution in [1.82, 2.24) is 10.3 Å². The Kier molecular flexibility index (Phi) is 9.51. The summed E-state index contributed by atoms with van der Waals surface area (Å²) in [6.07, 6.45) is 0.214. The molecule has 1 saturated heterocycles. The van der Waals surface area contributed by atoms with Gasteiger partial charge in [-0.3, -0.25) is 0 Å². The van der Waals surface area contributed by atoms with Crippen molar-refractivity contribution in [3.63, 3.8) is 0 Å². The molecule has 0 spiro atoms. The molecule has 1 aliphatic rings. The van der Waals surface area contributed by atoms with Crippen LogP contribution in [-0.4, -0.2) is 34.6 Å². The summed E-state index contributed by atoms with van der Waals surface area (Å²) in [6.45, 7) is 6.22. The van der Waals surface area contributed by atoms with Gasteiger partial charge in [0.15, 0.2) is 10.6 Å². The number of thiazole rings is 1. The number of aliphatic hydroxyl groups excluding tert-OH is 1. The minimum Gasteiger partial charge on any atom is -0.445 e. The maximum absolute atomic E-state index is 11.7. The van der Waals surface area contributed by atoms with E-state index in [1.54, 1.807) is 23.1 Å². The maximum atomic E-state index is 11.7. The van der Waals surface area contributed by atoms with E-state index < -0.39 is 12.4 Å². The first-order valence-electron chi connectivity index (χ1n) is 13.1. The minimum atomic E-state index is -0.556. The van der Waals surface area contributed by atoms with E-state index in [2.05, 4.69) is 24.9 Å². The second-order valence-corrected chi connectivity index (χ2v) is 11.9. The summed E-state index contributed by atoms with van der Waals surface area (Å²) in [5.41, 5.74) is 4.76. The van der Waals surface area contributed by atoms with Gasteiger partial charge in [0, 0.05) is 23.8 Å². The van der Waals surface area contributed by atoms with Gasteiger partial charge in [0.05, 0.1) is 29.0 Å². The molecule has 4 aromatic rings. The predicted octanol–water partition coefficient (Wildman–Crippen LogP) is 6.78. The topological polar surface area (TPSA) is 89.9 Å². The highest BCUT2D eigenvalue weighted by Crippen LogP contribution is 2.43. The average Bonchev–Trinajstić information content (AvgIpc) is 3.42. The number of aromatic nitrogens is 1. The SMILES string of the molecule is C=CCOC(=O)NCc1ccc(C2OC(CSc3nc4ccccc4s3)C(C)C(c3ccc(CO)cc3)O2)cc1. The maximum Gasteiger partial charge on any atom is 0.407 e. The Morgan fingerprint density at radius 2 is 1.80 bits per heavy atom. The molecule has 0 radical (unpaired) electrons. The van der Waals surface area contributed by atoms with Crippen molar-refractivity contribution in [3.8, 4) is 0 Å². The number of fused-ring (bicyclic) bond motifs is 1. The molecule has 0 bridgehead atoms. The number of alkyl carbamates (subject to hydrolysis) is 1. The third-order valence-corrected chi connectivity index (χ3v) is 9.06. The zero-order chi connectivity index (χ0) is 27.9. The van der Waals surface area contributed by atoms with E-state index in [-0.39, 0.29) is 31.3 Å². The monoisotopic (exact) mass is 576 g/mol. The second-order valence-electron chi connectivity index (χ2n) is 9.56. The zero-order valence-corrected chi connectivity index (χ0v) is 23.8. The van der Waals surface area contributed by atoms with Gasteiger partial charge in [0.25, 0.3) is 0 Å². The number of nitrogens with zero attached hydrogens (tertiary/aromatic N) is 1. The van der Waals surface area contributed by atoms with Crippen molar-refractivity contribution < 1.29 is 24.1 Å². The molecular weight excluding hydrogens is 544 g/mol. The number of ether oxygens (including phenoxy) is 3. The van der Waals surface area contributed by atoms with E-state index in [0.29, 0.717) is 6.54 Å². The first-order valence-corrected chi connectivity index (χ1v) is 14.9. The van der Waals surface area contributed by atoms with E-state index in [9.17, 15) is 9.90 Å². The Morgan fingerprint density at radius 3 is 2.52 bits per heavy atom. The van der Waals surface area contributed by atoms with Crippen molar-refractivity contribution in [2.75, 3.05) is 12.4 Å². The van der Waals surface area contributed by atoms with Crippen molar-refractivity contribution >= 4 is 39.4 Å². The van der Waals surface area contributed by atoms with Gasteiger partial charge in [-0.2, -0.15) is 0 Å². The molecule has 1 aliphatic heterocycles. The van der Waals surface area contributed by atoms with Gasteiger partial charge in [0.2, 0.25) is 0 Å². The third kappa shape index (κ3) is 6.92. The van der Waals surface area contributed by atoms with Crippen LogP contribution in [0, 0.1) is 5.92 Å². The summed E-state index contributed by atoms with van der Waals surface area (Å²) in [5.74, 6) is 0.823. The molecule has 3 aromatic carbocycles. The molecule has 7 nitrogen and oxygen atoms in total. The van der Waals surface area contributed by atoms with E-state index >= 15 is 0 Å². The Bertz CT molecular complexity index is 1390. The molecule has 0 aliphatic carbocycles. The highest BCUT2D eigenvalue weighted by atomic mass is 32.2. The number of nitrogens with one attached hydrogen (secondary N) is 1. The normalized spacial score (nSPS) is 20.8.